The van der Waals surface area contributed by atoms with Crippen molar-refractivity contribution in [3.63, 3.8) is 0 Å². The maximum absolute atomic E-state index is 13.0. The van der Waals surface area contributed by atoms with E-state index in [-0.39, 0.29) is 29.2 Å². The van der Waals surface area contributed by atoms with Gasteiger partial charge in [-0.25, -0.2) is 9.18 Å². The van der Waals surface area contributed by atoms with Crippen LogP contribution in [-0.2, 0) is 16.2 Å². The number of aromatic nitrogens is 2. The quantitative estimate of drug-likeness (QED) is 0.601. The Morgan fingerprint density at radius 1 is 1.54 bits per heavy atom. The first-order valence-corrected chi connectivity index (χ1v) is 7.83. The zero-order valence-corrected chi connectivity index (χ0v) is 13.8. The van der Waals surface area contributed by atoms with Crippen molar-refractivity contribution in [2.45, 2.75) is 25.2 Å². The molecule has 3 atom stereocenters. The number of carbonyl (C=O) groups excluding carboxylic acids is 1. The van der Waals surface area contributed by atoms with E-state index >= 15 is 0 Å². The summed E-state index contributed by atoms with van der Waals surface area (Å²) in [6, 6.07) is 5.23. The Kier molecular flexibility index (Phi) is 4.74. The van der Waals surface area contributed by atoms with Gasteiger partial charge in [0.15, 0.2) is 12.7 Å². The lowest BCUT2D eigenvalue weighted by Gasteiger charge is -2.18. The van der Waals surface area contributed by atoms with Gasteiger partial charge in [-0.05, 0) is 36.5 Å². The number of hydrogen-bond acceptors (Lipinski definition) is 6. The average Bonchev–Trinajstić information content (AvgIpc) is 3.11. The summed E-state index contributed by atoms with van der Waals surface area (Å²) in [6.45, 7) is 0.653. The highest BCUT2D eigenvalue weighted by Crippen LogP contribution is 2.18. The zero-order valence-electron chi connectivity index (χ0n) is 12.9. The third-order valence-corrected chi connectivity index (χ3v) is 4.33. The Hall–Kier alpha value is -2.10. The number of likely N-dealkylation sites (tertiary alicyclic amines) is 1. The van der Waals surface area contributed by atoms with Crippen LogP contribution in [0.15, 0.2) is 28.7 Å². The van der Waals surface area contributed by atoms with Crippen LogP contribution in [0, 0.1) is 10.7 Å². The highest BCUT2D eigenvalue weighted by Gasteiger charge is 2.41. The van der Waals surface area contributed by atoms with Crippen molar-refractivity contribution >= 4 is 18.2 Å². The molecule has 1 aliphatic heterocycles. The van der Waals surface area contributed by atoms with Crippen LogP contribution in [0.5, 0.6) is 0 Å². The van der Waals surface area contributed by atoms with E-state index in [1.54, 1.807) is 12.1 Å². The number of ether oxygens (including phenoxy) is 1. The fourth-order valence-corrected chi connectivity index (χ4v) is 3.04. The van der Waals surface area contributed by atoms with Gasteiger partial charge in [0, 0.05) is 12.0 Å². The summed E-state index contributed by atoms with van der Waals surface area (Å²) >= 11 is 5.16. The molecule has 1 aromatic carbocycles. The van der Waals surface area contributed by atoms with Crippen LogP contribution >= 0.6 is 12.2 Å². The highest BCUT2D eigenvalue weighted by molar-refractivity contribution is 7.71. The monoisotopic (exact) mass is 354 g/mol. The summed E-state index contributed by atoms with van der Waals surface area (Å²) in [7, 11) is 1.32. The fourth-order valence-electron chi connectivity index (χ4n) is 2.85. The second-order valence-electron chi connectivity index (χ2n) is 5.67. The molecule has 0 spiro atoms. The highest BCUT2D eigenvalue weighted by atomic mass is 32.1. The summed E-state index contributed by atoms with van der Waals surface area (Å²) in [5.74, 6) is -0.461. The number of esters is 1. The van der Waals surface area contributed by atoms with Crippen molar-refractivity contribution in [3.8, 4) is 11.5 Å². The summed E-state index contributed by atoms with van der Waals surface area (Å²) in [5.41, 5.74) is 0.599. The van der Waals surface area contributed by atoms with Gasteiger partial charge in [-0.1, -0.05) is 0 Å². The first kappa shape index (κ1) is 16.7. The molecular formula is C15H17FN3O4S+. The molecule has 0 bridgehead atoms. The van der Waals surface area contributed by atoms with E-state index in [0.717, 1.165) is 4.90 Å². The molecule has 9 heteroatoms. The molecule has 1 saturated heterocycles. The second-order valence-corrected chi connectivity index (χ2v) is 6.01. The number of aliphatic hydroxyl groups is 1. The Morgan fingerprint density at radius 3 is 2.92 bits per heavy atom. The van der Waals surface area contributed by atoms with E-state index in [9.17, 15) is 14.3 Å². The molecule has 0 amide bonds. The summed E-state index contributed by atoms with van der Waals surface area (Å²) in [5, 5.41) is 14.1. The summed E-state index contributed by atoms with van der Waals surface area (Å²) in [4.78, 5) is 12.8. The molecule has 3 rings (SSSR count). The van der Waals surface area contributed by atoms with Crippen LogP contribution in [0.4, 0.5) is 4.39 Å². The standard InChI is InChI=1S/C15H16FN3O4S/c1-22-14(21)12-6-11(20)7-18(12)8-19-15(24)23-13(17-19)9-2-4-10(16)5-3-9/h2-5,11-12,20H,6-8H2,1H3/p+1/t11-,12+/m1/s1. The first-order chi connectivity index (χ1) is 11.5. The number of nitrogens with zero attached hydrogens (tertiary/aromatic N) is 2. The van der Waals surface area contributed by atoms with Gasteiger partial charge in [0.1, 0.15) is 18.5 Å². The topological polar surface area (TPSA) is 81.9 Å². The molecule has 0 radical (unpaired) electrons. The van der Waals surface area contributed by atoms with Crippen molar-refractivity contribution in [1.82, 2.24) is 9.78 Å². The Labute approximate surface area is 142 Å². The molecule has 1 aromatic heterocycles. The third kappa shape index (κ3) is 3.37. The number of quaternary nitrogens is 1. The lowest BCUT2D eigenvalue weighted by atomic mass is 10.2. The van der Waals surface area contributed by atoms with Crippen molar-refractivity contribution in [1.29, 1.82) is 0 Å². The largest absolute Gasteiger partial charge is 0.465 e. The van der Waals surface area contributed by atoms with Crippen LogP contribution in [-0.4, -0.2) is 46.7 Å². The van der Waals surface area contributed by atoms with Gasteiger partial charge in [-0.15, -0.1) is 5.10 Å². The molecular weight excluding hydrogens is 337 g/mol. The molecule has 2 aromatic rings. The van der Waals surface area contributed by atoms with E-state index < -0.39 is 12.1 Å². The normalized spacial score (nSPS) is 23.4. The number of rotatable bonds is 4. The van der Waals surface area contributed by atoms with Crippen LogP contribution in [0.3, 0.4) is 0 Å². The molecule has 2 N–H and O–H groups in total. The number of hydrogen-bond donors (Lipinski definition) is 2. The third-order valence-electron chi connectivity index (χ3n) is 4.03. The van der Waals surface area contributed by atoms with Gasteiger partial charge >= 0.3 is 5.97 Å². The predicted molar refractivity (Wildman–Crippen MR) is 83.0 cm³/mol. The summed E-state index contributed by atoms with van der Waals surface area (Å²) < 4.78 is 24.7. The van der Waals surface area contributed by atoms with Crippen molar-refractivity contribution < 1.29 is 28.3 Å². The average molecular weight is 354 g/mol. The molecule has 1 fully saturated rings. The van der Waals surface area contributed by atoms with Gasteiger partial charge in [-0.2, -0.15) is 4.68 Å². The van der Waals surface area contributed by atoms with Crippen LogP contribution in [0.2, 0.25) is 0 Å². The Morgan fingerprint density at radius 2 is 2.25 bits per heavy atom. The first-order valence-electron chi connectivity index (χ1n) is 7.42. The number of aliphatic hydroxyl groups excluding tert-OH is 1. The van der Waals surface area contributed by atoms with Crippen molar-refractivity contribution in [2.75, 3.05) is 13.7 Å². The molecule has 0 aliphatic carbocycles. The minimum Gasteiger partial charge on any atom is -0.465 e. The molecule has 24 heavy (non-hydrogen) atoms. The van der Waals surface area contributed by atoms with E-state index in [4.69, 9.17) is 21.4 Å². The number of methoxy groups -OCH3 is 1. The SMILES string of the molecule is COC(=O)[C@@H]1C[C@@H](O)C[NH+]1Cn1nc(-c2ccc(F)cc2)oc1=S. The second kappa shape index (κ2) is 6.80. The van der Waals surface area contributed by atoms with Crippen LogP contribution < -0.4 is 4.90 Å². The van der Waals surface area contributed by atoms with E-state index in [1.807, 2.05) is 0 Å². The van der Waals surface area contributed by atoms with E-state index in [0.29, 0.717) is 18.5 Å². The fraction of sp³-hybridized carbons (Fsp3) is 0.400. The lowest BCUT2D eigenvalue weighted by Crippen LogP contribution is -3.14. The minimum absolute atomic E-state index is 0.145. The maximum Gasteiger partial charge on any atom is 0.364 e. The van der Waals surface area contributed by atoms with Gasteiger partial charge in [-0.3, -0.25) is 0 Å². The van der Waals surface area contributed by atoms with Gasteiger partial charge in [0.2, 0.25) is 5.89 Å². The molecule has 1 aliphatic rings. The smallest absolute Gasteiger partial charge is 0.364 e. The van der Waals surface area contributed by atoms with Crippen LogP contribution in [0.25, 0.3) is 11.5 Å². The van der Waals surface area contributed by atoms with Gasteiger partial charge < -0.3 is 19.2 Å². The van der Waals surface area contributed by atoms with E-state index in [1.165, 1.54) is 23.9 Å². The Balaban J connectivity index is 1.81. The van der Waals surface area contributed by atoms with Crippen LogP contribution in [0.1, 0.15) is 6.42 Å². The molecule has 0 saturated carbocycles. The predicted octanol–water partition coefficient (Wildman–Crippen LogP) is 0.160. The number of carbonyl (C=O) groups is 1. The van der Waals surface area contributed by atoms with Crippen molar-refractivity contribution in [2.24, 2.45) is 0 Å². The molecule has 128 valence electrons. The van der Waals surface area contributed by atoms with E-state index in [2.05, 4.69) is 5.10 Å². The van der Waals surface area contributed by atoms with Crippen molar-refractivity contribution in [3.05, 3.63) is 34.9 Å². The Bertz CT molecular complexity index is 789. The molecule has 2 heterocycles. The minimum atomic E-state index is -0.582. The van der Waals surface area contributed by atoms with Gasteiger partial charge in [0.05, 0.1) is 7.11 Å². The van der Waals surface area contributed by atoms with Gasteiger partial charge in [0.25, 0.3) is 4.84 Å². The molecule has 1 unspecified atom stereocenters. The number of nitrogens with one attached hydrogen (secondary N) is 1. The summed E-state index contributed by atoms with van der Waals surface area (Å²) in [6.07, 6.45) is -0.250. The zero-order chi connectivity index (χ0) is 17.3. The number of benzene rings is 1. The number of halogens is 1. The maximum atomic E-state index is 13.0. The lowest BCUT2D eigenvalue weighted by molar-refractivity contribution is -0.928. The molecule has 7 nitrogen and oxygen atoms in total.